The van der Waals surface area contributed by atoms with Gasteiger partial charge in [-0.1, -0.05) is 26.7 Å². The molecule has 1 saturated heterocycles. The number of carbonyl (C=O) groups excluding carboxylic acids is 1. The zero-order chi connectivity index (χ0) is 16.1. The molecule has 0 N–H and O–H groups in total. The first kappa shape index (κ1) is 16.9. The molecule has 0 saturated carbocycles. The molecule has 1 fully saturated rings. The maximum Gasteiger partial charge on any atom is 0.274 e. The highest BCUT2D eigenvalue weighted by atomic mass is 19.3. The molecule has 124 valence electrons. The minimum atomic E-state index is -2.46. The number of aromatic nitrogens is 2. The highest BCUT2D eigenvalue weighted by Gasteiger charge is 2.28. The number of rotatable bonds is 5. The van der Waals surface area contributed by atoms with Crippen LogP contribution in [0.1, 0.15) is 56.4 Å². The van der Waals surface area contributed by atoms with Crippen molar-refractivity contribution in [2.45, 2.75) is 65.0 Å². The van der Waals surface area contributed by atoms with Gasteiger partial charge in [-0.15, -0.1) is 0 Å². The van der Waals surface area contributed by atoms with E-state index in [0.29, 0.717) is 5.92 Å². The fourth-order valence-corrected chi connectivity index (χ4v) is 3.10. The third-order valence-electron chi connectivity index (χ3n) is 4.07. The lowest BCUT2D eigenvalue weighted by molar-refractivity contribution is 0.0651. The number of hydrogen-bond donors (Lipinski definition) is 0. The van der Waals surface area contributed by atoms with Crippen LogP contribution in [0, 0.1) is 5.92 Å². The van der Waals surface area contributed by atoms with E-state index in [9.17, 15) is 13.6 Å². The van der Waals surface area contributed by atoms with Gasteiger partial charge in [0.2, 0.25) is 0 Å². The maximum absolute atomic E-state index is 12.7. The van der Waals surface area contributed by atoms with E-state index in [1.807, 2.05) is 4.90 Å². The molecule has 2 heterocycles. The van der Waals surface area contributed by atoms with Crippen LogP contribution in [0.2, 0.25) is 0 Å². The molecule has 0 aromatic carbocycles. The normalized spacial score (nSPS) is 19.7. The topological polar surface area (TPSA) is 38.1 Å². The van der Waals surface area contributed by atoms with E-state index in [4.69, 9.17) is 0 Å². The summed E-state index contributed by atoms with van der Waals surface area (Å²) in [6.07, 6.45) is 4.26. The Labute approximate surface area is 130 Å². The monoisotopic (exact) mass is 313 g/mol. The first-order chi connectivity index (χ1) is 10.5. The van der Waals surface area contributed by atoms with Gasteiger partial charge in [0.25, 0.3) is 12.3 Å². The average Bonchev–Trinajstić information content (AvgIpc) is 2.76. The minimum Gasteiger partial charge on any atom is -0.334 e. The molecule has 2 rings (SSSR count). The smallest absolute Gasteiger partial charge is 0.274 e. The molecule has 6 heteroatoms. The average molecular weight is 313 g/mol. The molecule has 1 aliphatic rings. The summed E-state index contributed by atoms with van der Waals surface area (Å²) in [5, 5.41) is 4.02. The van der Waals surface area contributed by atoms with E-state index in [2.05, 4.69) is 18.9 Å². The van der Waals surface area contributed by atoms with Gasteiger partial charge >= 0.3 is 0 Å². The van der Waals surface area contributed by atoms with Gasteiger partial charge in [0, 0.05) is 18.8 Å². The molecule has 4 nitrogen and oxygen atoms in total. The summed E-state index contributed by atoms with van der Waals surface area (Å²) in [7, 11) is 0. The molecular weight excluding hydrogens is 288 g/mol. The standard InChI is InChI=1S/C16H25F2N3O/c1-12(2)10-13-6-4-3-5-8-21(13)16(22)14-7-9-20(19-14)11-15(17)18/h7,9,12-13,15H,3-6,8,10-11H2,1-2H3. The Morgan fingerprint density at radius 1 is 1.36 bits per heavy atom. The van der Waals surface area contributed by atoms with Crippen LogP contribution in [0.3, 0.4) is 0 Å². The van der Waals surface area contributed by atoms with Crippen LogP contribution in [-0.4, -0.2) is 39.6 Å². The van der Waals surface area contributed by atoms with Crippen molar-refractivity contribution in [1.82, 2.24) is 14.7 Å². The van der Waals surface area contributed by atoms with Gasteiger partial charge in [0.05, 0.1) is 0 Å². The van der Waals surface area contributed by atoms with Gasteiger partial charge in [-0.25, -0.2) is 8.78 Å². The van der Waals surface area contributed by atoms with Crippen LogP contribution in [0.4, 0.5) is 8.78 Å². The number of carbonyl (C=O) groups is 1. The molecular formula is C16H25F2N3O. The molecule has 1 atom stereocenters. The summed E-state index contributed by atoms with van der Waals surface area (Å²) in [4.78, 5) is 14.6. The van der Waals surface area contributed by atoms with Crippen molar-refractivity contribution in [1.29, 1.82) is 0 Å². The maximum atomic E-state index is 12.7. The van der Waals surface area contributed by atoms with Crippen LogP contribution in [-0.2, 0) is 6.54 Å². The van der Waals surface area contributed by atoms with Gasteiger partial charge < -0.3 is 4.90 Å². The highest BCUT2D eigenvalue weighted by Crippen LogP contribution is 2.23. The number of amides is 1. The molecule has 1 aliphatic heterocycles. The van der Waals surface area contributed by atoms with Crippen LogP contribution in [0.25, 0.3) is 0 Å². The van der Waals surface area contributed by atoms with Gasteiger partial charge in [0.1, 0.15) is 12.2 Å². The van der Waals surface area contributed by atoms with Crippen molar-refractivity contribution < 1.29 is 13.6 Å². The second-order valence-electron chi connectivity index (χ2n) is 6.45. The first-order valence-corrected chi connectivity index (χ1v) is 8.10. The van der Waals surface area contributed by atoms with Crippen molar-refractivity contribution in [2.24, 2.45) is 5.92 Å². The minimum absolute atomic E-state index is 0.124. The lowest BCUT2D eigenvalue weighted by atomic mass is 9.98. The zero-order valence-corrected chi connectivity index (χ0v) is 13.3. The third kappa shape index (κ3) is 4.52. The van der Waals surface area contributed by atoms with E-state index in [1.165, 1.54) is 6.20 Å². The zero-order valence-electron chi connectivity index (χ0n) is 13.3. The Kier molecular flexibility index (Phi) is 5.91. The number of likely N-dealkylation sites (tertiary alicyclic amines) is 1. The van der Waals surface area contributed by atoms with Gasteiger partial charge in [-0.05, 0) is 31.2 Å². The highest BCUT2D eigenvalue weighted by molar-refractivity contribution is 5.92. The van der Waals surface area contributed by atoms with E-state index < -0.39 is 13.0 Å². The quantitative estimate of drug-likeness (QED) is 0.833. The molecule has 1 amide bonds. The second-order valence-corrected chi connectivity index (χ2v) is 6.45. The van der Waals surface area contributed by atoms with E-state index in [0.717, 1.165) is 43.3 Å². The Hall–Kier alpha value is -1.46. The third-order valence-corrected chi connectivity index (χ3v) is 4.07. The van der Waals surface area contributed by atoms with E-state index in [-0.39, 0.29) is 17.6 Å². The Balaban J connectivity index is 2.11. The van der Waals surface area contributed by atoms with Crippen molar-refractivity contribution in [3.8, 4) is 0 Å². The van der Waals surface area contributed by atoms with Crippen LogP contribution in [0.15, 0.2) is 12.3 Å². The molecule has 1 unspecified atom stereocenters. The number of nitrogens with zero attached hydrogens (tertiary/aromatic N) is 3. The fraction of sp³-hybridized carbons (Fsp3) is 0.750. The molecule has 0 radical (unpaired) electrons. The summed E-state index contributed by atoms with van der Waals surface area (Å²) in [5.41, 5.74) is 0.274. The SMILES string of the molecule is CC(C)CC1CCCCCN1C(=O)c1ccn(CC(F)F)n1. The summed E-state index contributed by atoms with van der Waals surface area (Å²) < 4.78 is 25.9. The molecule has 0 spiro atoms. The predicted molar refractivity (Wildman–Crippen MR) is 81.0 cm³/mol. The summed E-state index contributed by atoms with van der Waals surface area (Å²) in [6, 6.07) is 1.78. The van der Waals surface area contributed by atoms with Gasteiger partial charge in [-0.3, -0.25) is 9.48 Å². The van der Waals surface area contributed by atoms with Crippen molar-refractivity contribution >= 4 is 5.91 Å². The van der Waals surface area contributed by atoms with Crippen LogP contribution in [0.5, 0.6) is 0 Å². The molecule has 0 bridgehead atoms. The van der Waals surface area contributed by atoms with Crippen LogP contribution < -0.4 is 0 Å². The first-order valence-electron chi connectivity index (χ1n) is 8.10. The number of halogens is 2. The summed E-state index contributed by atoms with van der Waals surface area (Å²) >= 11 is 0. The van der Waals surface area contributed by atoms with Crippen molar-refractivity contribution in [2.75, 3.05) is 6.54 Å². The van der Waals surface area contributed by atoms with Crippen molar-refractivity contribution in [3.05, 3.63) is 18.0 Å². The summed E-state index contributed by atoms with van der Waals surface area (Å²) in [6.45, 7) is 4.58. The Morgan fingerprint density at radius 2 is 2.14 bits per heavy atom. The summed E-state index contributed by atoms with van der Waals surface area (Å²) in [5.74, 6) is 0.398. The van der Waals surface area contributed by atoms with Gasteiger partial charge in [-0.2, -0.15) is 5.10 Å². The largest absolute Gasteiger partial charge is 0.334 e. The predicted octanol–water partition coefficient (Wildman–Crippen LogP) is 3.58. The number of hydrogen-bond acceptors (Lipinski definition) is 2. The second kappa shape index (κ2) is 7.70. The van der Waals surface area contributed by atoms with E-state index >= 15 is 0 Å². The molecule has 0 aliphatic carbocycles. The van der Waals surface area contributed by atoms with Crippen molar-refractivity contribution in [3.63, 3.8) is 0 Å². The number of alkyl halides is 2. The van der Waals surface area contributed by atoms with Crippen LogP contribution >= 0.6 is 0 Å². The van der Waals surface area contributed by atoms with Gasteiger partial charge in [0.15, 0.2) is 0 Å². The fourth-order valence-electron chi connectivity index (χ4n) is 3.10. The lowest BCUT2D eigenvalue weighted by Crippen LogP contribution is -2.41. The molecule has 22 heavy (non-hydrogen) atoms. The Bertz CT molecular complexity index is 487. The lowest BCUT2D eigenvalue weighted by Gasteiger charge is -2.30. The van der Waals surface area contributed by atoms with E-state index in [1.54, 1.807) is 6.07 Å². The molecule has 1 aromatic heterocycles. The molecule has 1 aromatic rings. The Morgan fingerprint density at radius 3 is 2.82 bits per heavy atom.